The van der Waals surface area contributed by atoms with Crippen LogP contribution >= 0.6 is 11.6 Å². The van der Waals surface area contributed by atoms with Gasteiger partial charge in [0.25, 0.3) is 0 Å². The van der Waals surface area contributed by atoms with Crippen molar-refractivity contribution in [1.82, 2.24) is 10.2 Å². The summed E-state index contributed by atoms with van der Waals surface area (Å²) in [6.07, 6.45) is 3.59. The van der Waals surface area contributed by atoms with Crippen LogP contribution in [0.15, 0.2) is 36.4 Å². The van der Waals surface area contributed by atoms with E-state index in [0.717, 1.165) is 37.7 Å². The van der Waals surface area contributed by atoms with Crippen molar-refractivity contribution in [2.24, 2.45) is 0 Å². The summed E-state index contributed by atoms with van der Waals surface area (Å²) in [7, 11) is 4.55. The molecule has 0 spiro atoms. The quantitative estimate of drug-likeness (QED) is 0.305. The molecule has 0 radical (unpaired) electrons. The Morgan fingerprint density at radius 1 is 1.00 bits per heavy atom. The molecule has 2 atom stereocenters. The van der Waals surface area contributed by atoms with Gasteiger partial charge in [-0.05, 0) is 70.6 Å². The summed E-state index contributed by atoms with van der Waals surface area (Å²) < 4.78 is 21.9. The number of methoxy groups -OCH3 is 3. The molecule has 1 aliphatic carbocycles. The van der Waals surface area contributed by atoms with E-state index in [1.165, 1.54) is 21.3 Å². The number of carbonyl (C=O) groups is 2. The molecule has 2 unspecified atom stereocenters. The van der Waals surface area contributed by atoms with Crippen LogP contribution in [-0.2, 0) is 28.2 Å². The maximum absolute atomic E-state index is 13.3. The first-order chi connectivity index (χ1) is 18.5. The van der Waals surface area contributed by atoms with E-state index in [0.29, 0.717) is 34.5 Å². The van der Waals surface area contributed by atoms with Gasteiger partial charge in [-0.15, -0.1) is 0 Å². The molecule has 11 heteroatoms. The molecule has 2 aromatic rings. The first kappa shape index (κ1) is 33.4. The number of rotatable bonds is 10. The topological polar surface area (TPSA) is 98.4 Å². The van der Waals surface area contributed by atoms with E-state index < -0.39 is 5.60 Å². The Hall–Kier alpha value is -2.81. The van der Waals surface area contributed by atoms with Crippen LogP contribution in [0.25, 0.3) is 0 Å². The molecule has 222 valence electrons. The molecule has 2 aromatic carbocycles. The van der Waals surface area contributed by atoms with Crippen molar-refractivity contribution in [2.75, 3.05) is 33.2 Å². The van der Waals surface area contributed by atoms with E-state index in [4.69, 9.17) is 30.5 Å². The minimum absolute atomic E-state index is 0. The number of urea groups is 1. The molecule has 1 saturated carbocycles. The van der Waals surface area contributed by atoms with E-state index in [1.807, 2.05) is 45.0 Å². The summed E-state index contributed by atoms with van der Waals surface area (Å²) in [6, 6.07) is 10.3. The van der Waals surface area contributed by atoms with Crippen LogP contribution in [0.2, 0.25) is 5.02 Å². The van der Waals surface area contributed by atoms with E-state index in [-0.39, 0.29) is 41.3 Å². The average molecular weight is 618 g/mol. The third kappa shape index (κ3) is 9.39. The molecule has 0 aliphatic heterocycles. The maximum atomic E-state index is 13.3. The van der Waals surface area contributed by atoms with Gasteiger partial charge in [0.05, 0.1) is 39.1 Å². The van der Waals surface area contributed by atoms with Gasteiger partial charge in [-0.25, -0.2) is 9.59 Å². The molecule has 1 aliphatic rings. The van der Waals surface area contributed by atoms with Crippen LogP contribution < -0.4 is 24.8 Å². The number of amides is 3. The van der Waals surface area contributed by atoms with Crippen molar-refractivity contribution in [3.8, 4) is 17.2 Å². The number of carbonyl (C=O) groups excluding carboxylic acids is 2. The van der Waals surface area contributed by atoms with Gasteiger partial charge in [-0.2, -0.15) is 0 Å². The zero-order chi connectivity index (χ0) is 28.6. The van der Waals surface area contributed by atoms with Gasteiger partial charge in [-0.1, -0.05) is 23.7 Å². The van der Waals surface area contributed by atoms with Crippen LogP contribution in [0.3, 0.4) is 0 Å². The summed E-state index contributed by atoms with van der Waals surface area (Å²) in [6.45, 7) is 6.07. The zero-order valence-corrected chi connectivity index (χ0v) is 25.8. The number of anilines is 1. The Kier molecular flexibility index (Phi) is 12.7. The molecule has 0 bridgehead atoms. The minimum atomic E-state index is -0.628. The van der Waals surface area contributed by atoms with Crippen LogP contribution in [0, 0.1) is 0 Å². The fourth-order valence-corrected chi connectivity index (χ4v) is 4.91. The Balaban J connectivity index is 0.00000560. The monoisotopic (exact) mass is 617 g/mol. The standard InChI is InChI=1S/C29H40ClN3O6.Fe/c1-29(2,3)39-28(35)33(16-8-9-19-12-14-20(30)15-13-19)23-11-7-10-22(23)32-27(34)31-21-17-24(36-4)26(38-6)25(18-21)37-5;/h12-15,17-18,22-23H,7-11,16H2,1-6H3,(H2,31,32,34);. The Morgan fingerprint density at radius 2 is 1.62 bits per heavy atom. The third-order valence-electron chi connectivity index (χ3n) is 6.52. The average Bonchev–Trinajstić information content (AvgIpc) is 3.33. The number of hydrogen-bond donors (Lipinski definition) is 2. The number of benzene rings is 2. The molecule has 2 N–H and O–H groups in total. The molecule has 40 heavy (non-hydrogen) atoms. The first-order valence-electron chi connectivity index (χ1n) is 13.2. The molecular weight excluding hydrogens is 578 g/mol. The molecule has 9 nitrogen and oxygen atoms in total. The zero-order valence-electron chi connectivity index (χ0n) is 24.0. The van der Waals surface area contributed by atoms with E-state index in [2.05, 4.69) is 10.6 Å². The second kappa shape index (κ2) is 15.3. The van der Waals surface area contributed by atoms with Crippen LogP contribution in [0.4, 0.5) is 15.3 Å². The fraction of sp³-hybridized carbons (Fsp3) is 0.517. The van der Waals surface area contributed by atoms with Crippen LogP contribution in [0.1, 0.15) is 52.0 Å². The molecule has 0 saturated heterocycles. The summed E-state index contributed by atoms with van der Waals surface area (Å²) >= 11 is 6.01. The van der Waals surface area contributed by atoms with Crippen molar-refractivity contribution in [3.05, 3.63) is 47.0 Å². The van der Waals surface area contributed by atoms with Crippen molar-refractivity contribution in [3.63, 3.8) is 0 Å². The largest absolute Gasteiger partial charge is 0.493 e. The van der Waals surface area contributed by atoms with Crippen molar-refractivity contribution < 1.29 is 45.6 Å². The summed E-state index contributed by atoms with van der Waals surface area (Å²) in [4.78, 5) is 28.1. The minimum Gasteiger partial charge on any atom is -0.493 e. The van der Waals surface area contributed by atoms with Gasteiger partial charge in [0.15, 0.2) is 11.5 Å². The van der Waals surface area contributed by atoms with Gasteiger partial charge in [0, 0.05) is 40.8 Å². The number of nitrogens with one attached hydrogen (secondary N) is 2. The van der Waals surface area contributed by atoms with E-state index >= 15 is 0 Å². The van der Waals surface area contributed by atoms with E-state index in [1.54, 1.807) is 17.0 Å². The predicted molar refractivity (Wildman–Crippen MR) is 152 cm³/mol. The van der Waals surface area contributed by atoms with Gasteiger partial charge >= 0.3 is 12.1 Å². The number of halogens is 1. The van der Waals surface area contributed by atoms with Gasteiger partial charge in [0.1, 0.15) is 5.60 Å². The normalized spacial score (nSPS) is 16.4. The molecular formula is C29H40ClFeN3O6. The van der Waals surface area contributed by atoms with Crippen molar-refractivity contribution in [1.29, 1.82) is 0 Å². The summed E-state index contributed by atoms with van der Waals surface area (Å²) in [5.74, 6) is 1.30. The number of ether oxygens (including phenoxy) is 4. The second-order valence-corrected chi connectivity index (χ2v) is 11.0. The van der Waals surface area contributed by atoms with Crippen LogP contribution in [-0.4, -0.2) is 62.6 Å². The summed E-state index contributed by atoms with van der Waals surface area (Å²) in [5, 5.41) is 6.61. The Bertz CT molecular complexity index is 1100. The van der Waals surface area contributed by atoms with E-state index in [9.17, 15) is 9.59 Å². The first-order valence-corrected chi connectivity index (χ1v) is 13.5. The third-order valence-corrected chi connectivity index (χ3v) is 6.78. The summed E-state index contributed by atoms with van der Waals surface area (Å²) in [5.41, 5.74) is 1.01. The molecule has 0 aromatic heterocycles. The number of nitrogens with zero attached hydrogens (tertiary/aromatic N) is 1. The fourth-order valence-electron chi connectivity index (χ4n) is 4.79. The Morgan fingerprint density at radius 3 is 2.17 bits per heavy atom. The van der Waals surface area contributed by atoms with Crippen molar-refractivity contribution in [2.45, 2.75) is 70.6 Å². The molecule has 3 amide bonds. The number of aryl methyl sites for hydroxylation is 1. The smallest absolute Gasteiger partial charge is 0.410 e. The predicted octanol–water partition coefficient (Wildman–Crippen LogP) is 6.28. The van der Waals surface area contributed by atoms with Crippen molar-refractivity contribution >= 4 is 29.4 Å². The maximum Gasteiger partial charge on any atom is 0.410 e. The van der Waals surface area contributed by atoms with Gasteiger partial charge in [0.2, 0.25) is 5.75 Å². The number of hydrogen-bond acceptors (Lipinski definition) is 6. The molecule has 3 rings (SSSR count). The second-order valence-electron chi connectivity index (χ2n) is 10.5. The van der Waals surface area contributed by atoms with Gasteiger partial charge < -0.3 is 34.5 Å². The van der Waals surface area contributed by atoms with Gasteiger partial charge in [-0.3, -0.25) is 0 Å². The SMILES string of the molecule is COc1cc(NC(=O)NC2CCCC2N(CCCc2ccc(Cl)cc2)C(=O)OC(C)(C)C)cc(OC)c1OC.[Fe]. The molecule has 0 heterocycles. The Labute approximate surface area is 252 Å². The van der Waals surface area contributed by atoms with Crippen LogP contribution in [0.5, 0.6) is 17.2 Å². The molecule has 1 fully saturated rings.